The van der Waals surface area contributed by atoms with E-state index >= 15 is 0 Å². The average Bonchev–Trinajstić information content (AvgIpc) is 3.16. The van der Waals surface area contributed by atoms with Crippen LogP contribution >= 0.6 is 0 Å². The highest BCUT2D eigenvalue weighted by Crippen LogP contribution is 2.31. The topological polar surface area (TPSA) is 47.3 Å². The zero-order chi connectivity index (χ0) is 19.8. The number of rotatable bonds is 4. The highest BCUT2D eigenvalue weighted by molar-refractivity contribution is 6.16. The maximum absolute atomic E-state index is 12.8. The van der Waals surface area contributed by atoms with Gasteiger partial charge in [0.2, 0.25) is 0 Å². The summed E-state index contributed by atoms with van der Waals surface area (Å²) in [6, 6.07) is 29.2. The van der Waals surface area contributed by atoms with Crippen LogP contribution in [-0.2, 0) is 0 Å². The molecule has 5 aromatic rings. The smallest absolute Gasteiger partial charge is 0.193 e. The molecule has 1 heterocycles. The molecule has 5 rings (SSSR count). The summed E-state index contributed by atoms with van der Waals surface area (Å²) < 4.78 is 5.91. The highest BCUT2D eigenvalue weighted by atomic mass is 16.3. The van der Waals surface area contributed by atoms with Gasteiger partial charge >= 0.3 is 0 Å². The Hall–Kier alpha value is -3.98. The Morgan fingerprint density at radius 3 is 1.31 bits per heavy atom. The second-order valence-electron chi connectivity index (χ2n) is 6.91. The standard InChI is InChI=1S/C26H16O3/c27-25(17-7-3-1-4-8-17)19-11-13-23-21(15-19)22-16-20(12-14-24(22)29-23)26(28)18-9-5-2-6-10-18/h1-16H. The van der Waals surface area contributed by atoms with Crippen molar-refractivity contribution in [2.45, 2.75) is 0 Å². The van der Waals surface area contributed by atoms with E-state index in [0.29, 0.717) is 33.4 Å². The predicted octanol–water partition coefficient (Wildman–Crippen LogP) is 6.05. The van der Waals surface area contributed by atoms with E-state index in [1.807, 2.05) is 60.7 Å². The molecule has 0 aliphatic heterocycles. The van der Waals surface area contributed by atoms with Gasteiger partial charge in [-0.3, -0.25) is 9.59 Å². The van der Waals surface area contributed by atoms with Gasteiger partial charge < -0.3 is 4.42 Å². The number of hydrogen-bond donors (Lipinski definition) is 0. The van der Waals surface area contributed by atoms with Crippen molar-refractivity contribution < 1.29 is 14.0 Å². The Balaban J connectivity index is 1.62. The van der Waals surface area contributed by atoms with Crippen LogP contribution in [0.1, 0.15) is 31.8 Å². The lowest BCUT2D eigenvalue weighted by atomic mass is 9.99. The first-order valence-corrected chi connectivity index (χ1v) is 9.36. The summed E-state index contributed by atoms with van der Waals surface area (Å²) in [4.78, 5) is 25.6. The van der Waals surface area contributed by atoms with Crippen molar-refractivity contribution in [3.8, 4) is 0 Å². The maximum atomic E-state index is 12.8. The number of hydrogen-bond acceptors (Lipinski definition) is 3. The number of carbonyl (C=O) groups is 2. The lowest BCUT2D eigenvalue weighted by Gasteiger charge is -2.02. The summed E-state index contributed by atoms with van der Waals surface area (Å²) >= 11 is 0. The molecule has 1 aromatic heterocycles. The largest absolute Gasteiger partial charge is 0.456 e. The van der Waals surface area contributed by atoms with Crippen molar-refractivity contribution in [1.82, 2.24) is 0 Å². The van der Waals surface area contributed by atoms with Gasteiger partial charge in [-0.1, -0.05) is 60.7 Å². The van der Waals surface area contributed by atoms with E-state index in [4.69, 9.17) is 4.42 Å². The summed E-state index contributed by atoms with van der Waals surface area (Å²) in [5.41, 5.74) is 3.83. The molecule has 0 saturated heterocycles. The molecule has 138 valence electrons. The van der Waals surface area contributed by atoms with Gasteiger partial charge in [-0.15, -0.1) is 0 Å². The summed E-state index contributed by atoms with van der Waals surface area (Å²) in [6.07, 6.45) is 0. The van der Waals surface area contributed by atoms with E-state index in [1.165, 1.54) is 0 Å². The lowest BCUT2D eigenvalue weighted by molar-refractivity contribution is 0.103. The van der Waals surface area contributed by atoms with Gasteiger partial charge in [0.05, 0.1) is 0 Å². The van der Waals surface area contributed by atoms with Crippen molar-refractivity contribution in [1.29, 1.82) is 0 Å². The number of carbonyl (C=O) groups excluding carboxylic acids is 2. The summed E-state index contributed by atoms with van der Waals surface area (Å²) in [5.74, 6) is -0.0864. The zero-order valence-electron chi connectivity index (χ0n) is 15.5. The first-order chi connectivity index (χ1) is 14.2. The molecule has 3 heteroatoms. The van der Waals surface area contributed by atoms with Crippen LogP contribution in [0.3, 0.4) is 0 Å². The minimum atomic E-state index is -0.0432. The molecule has 0 atom stereocenters. The van der Waals surface area contributed by atoms with E-state index in [1.54, 1.807) is 36.4 Å². The molecule has 0 bridgehead atoms. The first kappa shape index (κ1) is 17.1. The van der Waals surface area contributed by atoms with Gasteiger partial charge in [-0.2, -0.15) is 0 Å². The third kappa shape index (κ3) is 3.03. The van der Waals surface area contributed by atoms with Crippen molar-refractivity contribution in [3.05, 3.63) is 119 Å². The number of ketones is 2. The Labute approximate surface area is 167 Å². The normalized spacial score (nSPS) is 11.0. The molecular formula is C26H16O3. The van der Waals surface area contributed by atoms with Gasteiger partial charge in [0, 0.05) is 33.0 Å². The molecule has 0 aliphatic rings. The fraction of sp³-hybridized carbons (Fsp3) is 0. The van der Waals surface area contributed by atoms with E-state index in [9.17, 15) is 9.59 Å². The molecule has 0 N–H and O–H groups in total. The van der Waals surface area contributed by atoms with Crippen LogP contribution in [-0.4, -0.2) is 11.6 Å². The van der Waals surface area contributed by atoms with Crippen LogP contribution in [0.5, 0.6) is 0 Å². The lowest BCUT2D eigenvalue weighted by Crippen LogP contribution is -2.01. The van der Waals surface area contributed by atoms with E-state index in [0.717, 1.165) is 10.8 Å². The Bertz CT molecular complexity index is 1260. The van der Waals surface area contributed by atoms with Crippen LogP contribution in [0.4, 0.5) is 0 Å². The molecule has 0 unspecified atom stereocenters. The molecule has 0 spiro atoms. The van der Waals surface area contributed by atoms with Gasteiger partial charge in [-0.05, 0) is 36.4 Å². The van der Waals surface area contributed by atoms with Crippen molar-refractivity contribution in [3.63, 3.8) is 0 Å². The highest BCUT2D eigenvalue weighted by Gasteiger charge is 2.15. The zero-order valence-corrected chi connectivity index (χ0v) is 15.5. The minimum absolute atomic E-state index is 0.0432. The molecule has 4 aromatic carbocycles. The second kappa shape index (κ2) is 6.88. The Kier molecular flexibility index (Phi) is 4.07. The fourth-order valence-electron chi connectivity index (χ4n) is 3.57. The average molecular weight is 376 g/mol. The summed E-state index contributed by atoms with van der Waals surface area (Å²) in [6.45, 7) is 0. The van der Waals surface area contributed by atoms with E-state index in [-0.39, 0.29) is 11.6 Å². The van der Waals surface area contributed by atoms with Crippen LogP contribution in [0.15, 0.2) is 101 Å². The molecule has 3 nitrogen and oxygen atoms in total. The third-order valence-corrected chi connectivity index (χ3v) is 5.07. The monoisotopic (exact) mass is 376 g/mol. The number of fused-ring (bicyclic) bond motifs is 3. The van der Waals surface area contributed by atoms with Crippen LogP contribution in [0, 0.1) is 0 Å². The number of benzene rings is 4. The van der Waals surface area contributed by atoms with Gasteiger partial charge in [0.15, 0.2) is 11.6 Å². The van der Waals surface area contributed by atoms with Crippen molar-refractivity contribution in [2.24, 2.45) is 0 Å². The number of furan rings is 1. The Morgan fingerprint density at radius 2 is 0.897 bits per heavy atom. The predicted molar refractivity (Wildman–Crippen MR) is 113 cm³/mol. The first-order valence-electron chi connectivity index (χ1n) is 9.36. The quantitative estimate of drug-likeness (QED) is 0.359. The minimum Gasteiger partial charge on any atom is -0.456 e. The van der Waals surface area contributed by atoms with Gasteiger partial charge in [0.1, 0.15) is 11.2 Å². The fourth-order valence-corrected chi connectivity index (χ4v) is 3.57. The Morgan fingerprint density at radius 1 is 0.483 bits per heavy atom. The molecule has 0 aliphatic carbocycles. The van der Waals surface area contributed by atoms with Crippen LogP contribution < -0.4 is 0 Å². The van der Waals surface area contributed by atoms with E-state index in [2.05, 4.69) is 0 Å². The third-order valence-electron chi connectivity index (χ3n) is 5.07. The SMILES string of the molecule is O=C(c1ccccc1)c1ccc2oc3ccc(C(=O)c4ccccc4)cc3c2c1. The molecule has 0 fully saturated rings. The molecule has 0 radical (unpaired) electrons. The van der Waals surface area contributed by atoms with Gasteiger partial charge in [-0.25, -0.2) is 0 Å². The molecule has 0 amide bonds. The molecular weight excluding hydrogens is 360 g/mol. The molecule has 29 heavy (non-hydrogen) atoms. The van der Waals surface area contributed by atoms with Crippen LogP contribution in [0.2, 0.25) is 0 Å². The van der Waals surface area contributed by atoms with Gasteiger partial charge in [0.25, 0.3) is 0 Å². The maximum Gasteiger partial charge on any atom is 0.193 e. The summed E-state index contributed by atoms with van der Waals surface area (Å²) in [7, 11) is 0. The second-order valence-corrected chi connectivity index (χ2v) is 6.91. The van der Waals surface area contributed by atoms with Crippen molar-refractivity contribution >= 4 is 33.5 Å². The van der Waals surface area contributed by atoms with E-state index < -0.39 is 0 Å². The van der Waals surface area contributed by atoms with Crippen LogP contribution in [0.25, 0.3) is 21.9 Å². The summed E-state index contributed by atoms with van der Waals surface area (Å²) in [5, 5.41) is 1.65. The van der Waals surface area contributed by atoms with Crippen molar-refractivity contribution in [2.75, 3.05) is 0 Å². The molecule has 0 saturated carbocycles.